The smallest absolute Gasteiger partial charge is 0.408 e. The Morgan fingerprint density at radius 3 is 2.53 bits per heavy atom. The van der Waals surface area contributed by atoms with Crippen molar-refractivity contribution in [2.45, 2.75) is 49.5 Å². The fraction of sp³-hybridized carbons (Fsp3) is 0.258. The van der Waals surface area contributed by atoms with Crippen LogP contribution in [0.1, 0.15) is 35.3 Å². The first kappa shape index (κ1) is 28.3. The minimum absolute atomic E-state index is 0.00568. The Bertz CT molecular complexity index is 1840. The maximum absolute atomic E-state index is 13.9. The van der Waals surface area contributed by atoms with Gasteiger partial charge in [0.25, 0.3) is 10.0 Å². The number of rotatable bonds is 6. The lowest BCUT2D eigenvalue weighted by molar-refractivity contribution is -0.150. The molecule has 4 aromatic rings. The van der Waals surface area contributed by atoms with Crippen LogP contribution in [0.3, 0.4) is 0 Å². The molecule has 0 radical (unpaired) electrons. The second kappa shape index (κ2) is 10.8. The molecule has 1 aliphatic carbocycles. The molecule has 0 saturated carbocycles. The molecule has 1 fully saturated rings. The molecule has 43 heavy (non-hydrogen) atoms. The van der Waals surface area contributed by atoms with E-state index < -0.39 is 45.9 Å². The van der Waals surface area contributed by atoms with Crippen LogP contribution in [-0.4, -0.2) is 48.7 Å². The highest BCUT2D eigenvalue weighted by Crippen LogP contribution is 2.43. The van der Waals surface area contributed by atoms with Gasteiger partial charge in [-0.1, -0.05) is 60.2 Å². The number of ether oxygens (including phenoxy) is 3. The fourth-order valence-electron chi connectivity index (χ4n) is 5.82. The topological polar surface area (TPSA) is 142 Å². The first-order chi connectivity index (χ1) is 20.6. The average Bonchev–Trinajstić information content (AvgIpc) is 3.34. The second-order valence-electron chi connectivity index (χ2n) is 10.8. The number of hydrogen-bond acceptors (Lipinski definition) is 8. The predicted octanol–water partition coefficient (Wildman–Crippen LogP) is 4.12. The third kappa shape index (κ3) is 5.18. The summed E-state index contributed by atoms with van der Waals surface area (Å²) in [5.74, 6) is -0.659. The molecule has 1 aromatic heterocycles. The van der Waals surface area contributed by atoms with E-state index in [0.717, 1.165) is 15.1 Å². The second-order valence-corrected chi connectivity index (χ2v) is 12.6. The van der Waals surface area contributed by atoms with E-state index in [4.69, 9.17) is 14.2 Å². The normalized spacial score (nSPS) is 21.1. The van der Waals surface area contributed by atoms with Crippen LogP contribution >= 0.6 is 0 Å². The van der Waals surface area contributed by atoms with Crippen LogP contribution in [0.5, 0.6) is 0 Å². The van der Waals surface area contributed by atoms with E-state index in [1.165, 1.54) is 25.3 Å². The molecule has 222 valence electrons. The summed E-state index contributed by atoms with van der Waals surface area (Å²) in [6.07, 6.45) is -1.19. The third-order valence-corrected chi connectivity index (χ3v) is 9.48. The van der Waals surface area contributed by atoms with Gasteiger partial charge in [0.2, 0.25) is 0 Å². The van der Waals surface area contributed by atoms with Gasteiger partial charge in [-0.3, -0.25) is 4.79 Å². The first-order valence-electron chi connectivity index (χ1n) is 13.6. The van der Waals surface area contributed by atoms with Gasteiger partial charge < -0.3 is 24.8 Å². The van der Waals surface area contributed by atoms with Crippen LogP contribution in [0, 0.1) is 6.92 Å². The Kier molecular flexibility index (Phi) is 7.09. The Morgan fingerprint density at radius 2 is 1.81 bits per heavy atom. The summed E-state index contributed by atoms with van der Waals surface area (Å²) in [6.45, 7) is 2.84. The summed E-state index contributed by atoms with van der Waals surface area (Å²) in [7, 11) is -4.06. The van der Waals surface area contributed by atoms with Gasteiger partial charge in [-0.05, 0) is 36.2 Å². The maximum atomic E-state index is 13.9. The van der Waals surface area contributed by atoms with Crippen molar-refractivity contribution in [3.05, 3.63) is 101 Å². The number of hydrogen-bond donors (Lipinski definition) is 2. The predicted molar refractivity (Wildman–Crippen MR) is 155 cm³/mol. The molecule has 3 aromatic carbocycles. The summed E-state index contributed by atoms with van der Waals surface area (Å²) in [5, 5.41) is 6.16. The molecular weight excluding hydrogens is 574 g/mol. The summed E-state index contributed by atoms with van der Waals surface area (Å²) < 4.78 is 45.6. The Balaban J connectivity index is 1.46. The standard InChI is InChI=1S/C31H29N3O8S/c1-19-11-13-23(14-12-19)43(38,39)34-16-24-26-22(9-6-10-25(26)34)15-31(33-30(37)40-17-21-7-4-3-5-8-21)18-41-29(36)32-28(31)27(24)42-20(2)35/h3-14,16,27-28H,15,17-18H2,1-2H3,(H,32,36)(H,33,37)/t27-,28+,31-/m1/s1. The number of nitrogens with one attached hydrogen (secondary N) is 2. The Hall–Kier alpha value is -4.84. The molecule has 6 rings (SSSR count). The number of esters is 1. The molecule has 2 amide bonds. The molecule has 0 unspecified atom stereocenters. The SMILES string of the molecule is CC(=O)O[C@@H]1c2cn(S(=O)(=O)c3ccc(C)cc3)c3cccc(c23)C[C@@]2(NC(=O)OCc3ccccc3)COC(=O)N[C@@H]12. The van der Waals surface area contributed by atoms with E-state index >= 15 is 0 Å². The highest BCUT2D eigenvalue weighted by atomic mass is 32.2. The highest BCUT2D eigenvalue weighted by Gasteiger charge is 2.54. The summed E-state index contributed by atoms with van der Waals surface area (Å²) in [4.78, 5) is 38.3. The molecule has 0 bridgehead atoms. The van der Waals surface area contributed by atoms with Crippen LogP contribution in [0.2, 0.25) is 0 Å². The number of nitrogens with zero attached hydrogens (tertiary/aromatic N) is 1. The molecular formula is C31H29N3O8S. The number of alkyl carbamates (subject to hydrolysis) is 2. The summed E-state index contributed by atoms with van der Waals surface area (Å²) in [6, 6.07) is 19.8. The molecule has 2 N–H and O–H groups in total. The van der Waals surface area contributed by atoms with Crippen molar-refractivity contribution in [3.63, 3.8) is 0 Å². The summed E-state index contributed by atoms with van der Waals surface area (Å²) >= 11 is 0. The molecule has 2 heterocycles. The molecule has 2 aliphatic rings. The van der Waals surface area contributed by atoms with Gasteiger partial charge in [0.05, 0.1) is 10.4 Å². The number of benzene rings is 3. The van der Waals surface area contributed by atoms with Crippen LogP contribution in [0.4, 0.5) is 9.59 Å². The molecule has 12 heteroatoms. The fourth-order valence-corrected chi connectivity index (χ4v) is 7.19. The van der Waals surface area contributed by atoms with Crippen LogP contribution in [0.25, 0.3) is 10.9 Å². The quantitative estimate of drug-likeness (QED) is 0.248. The van der Waals surface area contributed by atoms with Crippen molar-refractivity contribution in [2.24, 2.45) is 0 Å². The Morgan fingerprint density at radius 1 is 1.07 bits per heavy atom. The molecule has 3 atom stereocenters. The van der Waals surface area contributed by atoms with Gasteiger partial charge in [-0.2, -0.15) is 0 Å². The van der Waals surface area contributed by atoms with E-state index in [2.05, 4.69) is 10.6 Å². The van der Waals surface area contributed by atoms with E-state index in [9.17, 15) is 22.8 Å². The number of aryl methyl sites for hydroxylation is 1. The first-order valence-corrected chi connectivity index (χ1v) is 15.1. The number of aromatic nitrogens is 1. The van der Waals surface area contributed by atoms with E-state index in [-0.39, 0.29) is 24.5 Å². The molecule has 11 nitrogen and oxygen atoms in total. The zero-order valence-electron chi connectivity index (χ0n) is 23.4. The van der Waals surface area contributed by atoms with Crippen molar-refractivity contribution in [1.82, 2.24) is 14.6 Å². The Labute approximate surface area is 247 Å². The number of cyclic esters (lactones) is 1. The number of fused-ring (bicyclic) bond motifs is 1. The van der Waals surface area contributed by atoms with Crippen molar-refractivity contribution >= 4 is 39.1 Å². The van der Waals surface area contributed by atoms with Crippen LogP contribution < -0.4 is 10.6 Å². The lowest BCUT2D eigenvalue weighted by Crippen LogP contribution is -2.71. The van der Waals surface area contributed by atoms with E-state index in [0.29, 0.717) is 22.0 Å². The van der Waals surface area contributed by atoms with Crippen molar-refractivity contribution in [1.29, 1.82) is 0 Å². The minimum atomic E-state index is -4.06. The van der Waals surface area contributed by atoms with Gasteiger partial charge in [0, 0.05) is 30.5 Å². The van der Waals surface area contributed by atoms with Gasteiger partial charge in [-0.25, -0.2) is 22.0 Å². The molecule has 1 aliphatic heterocycles. The van der Waals surface area contributed by atoms with Gasteiger partial charge in [-0.15, -0.1) is 0 Å². The van der Waals surface area contributed by atoms with Gasteiger partial charge in [0.15, 0.2) is 6.10 Å². The highest BCUT2D eigenvalue weighted by molar-refractivity contribution is 7.90. The van der Waals surface area contributed by atoms with Crippen molar-refractivity contribution in [2.75, 3.05) is 6.61 Å². The van der Waals surface area contributed by atoms with Crippen LogP contribution in [-0.2, 0) is 42.1 Å². The average molecular weight is 604 g/mol. The number of carbonyl (C=O) groups is 3. The molecule has 1 saturated heterocycles. The van der Waals surface area contributed by atoms with E-state index in [1.807, 2.05) is 37.3 Å². The van der Waals surface area contributed by atoms with E-state index in [1.54, 1.807) is 30.3 Å². The zero-order chi connectivity index (χ0) is 30.4. The lowest BCUT2D eigenvalue weighted by Gasteiger charge is -2.45. The maximum Gasteiger partial charge on any atom is 0.408 e. The van der Waals surface area contributed by atoms with Gasteiger partial charge >= 0.3 is 18.2 Å². The number of carbonyl (C=O) groups excluding carboxylic acids is 3. The van der Waals surface area contributed by atoms with Crippen molar-refractivity contribution in [3.8, 4) is 0 Å². The molecule has 0 spiro atoms. The summed E-state index contributed by atoms with van der Waals surface area (Å²) in [5.41, 5.74) is 1.76. The largest absolute Gasteiger partial charge is 0.455 e. The monoisotopic (exact) mass is 603 g/mol. The van der Waals surface area contributed by atoms with Crippen LogP contribution in [0.15, 0.2) is 83.9 Å². The lowest BCUT2D eigenvalue weighted by atomic mass is 9.82. The minimum Gasteiger partial charge on any atom is -0.455 e. The zero-order valence-corrected chi connectivity index (χ0v) is 24.2. The van der Waals surface area contributed by atoms with Gasteiger partial charge in [0.1, 0.15) is 24.8 Å². The third-order valence-electron chi connectivity index (χ3n) is 7.79. The van der Waals surface area contributed by atoms with Crippen molar-refractivity contribution < 1.29 is 37.0 Å². The number of amides is 2.